The SMILES string of the molecule is CCC(C(=O)O)c1cc2ccccc2nc1Cl. The van der Waals surface area contributed by atoms with Crippen LogP contribution in [0.15, 0.2) is 30.3 Å². The molecule has 2 rings (SSSR count). The van der Waals surface area contributed by atoms with E-state index in [4.69, 9.17) is 16.7 Å². The van der Waals surface area contributed by atoms with Crippen molar-refractivity contribution >= 4 is 28.5 Å². The van der Waals surface area contributed by atoms with E-state index in [2.05, 4.69) is 4.98 Å². The largest absolute Gasteiger partial charge is 0.481 e. The quantitative estimate of drug-likeness (QED) is 0.848. The van der Waals surface area contributed by atoms with Gasteiger partial charge in [0, 0.05) is 10.9 Å². The maximum atomic E-state index is 11.1. The van der Waals surface area contributed by atoms with E-state index >= 15 is 0 Å². The Kier molecular flexibility index (Phi) is 3.29. The molecule has 1 unspecified atom stereocenters. The van der Waals surface area contributed by atoms with Crippen molar-refractivity contribution in [3.8, 4) is 0 Å². The smallest absolute Gasteiger partial charge is 0.311 e. The van der Waals surface area contributed by atoms with Crippen LogP contribution in [0, 0.1) is 0 Å². The Labute approximate surface area is 104 Å². The zero-order chi connectivity index (χ0) is 12.4. The van der Waals surface area contributed by atoms with Gasteiger partial charge in [0.25, 0.3) is 0 Å². The minimum absolute atomic E-state index is 0.276. The third-order valence-corrected chi connectivity index (χ3v) is 3.09. The van der Waals surface area contributed by atoms with E-state index in [-0.39, 0.29) is 5.15 Å². The van der Waals surface area contributed by atoms with Crippen molar-refractivity contribution in [3.63, 3.8) is 0 Å². The molecule has 0 aliphatic heterocycles. The van der Waals surface area contributed by atoms with E-state index in [1.165, 1.54) is 0 Å². The Hall–Kier alpha value is -1.61. The number of aliphatic carboxylic acids is 1. The molecule has 0 bridgehead atoms. The van der Waals surface area contributed by atoms with Gasteiger partial charge in [-0.3, -0.25) is 4.79 Å². The van der Waals surface area contributed by atoms with Gasteiger partial charge >= 0.3 is 5.97 Å². The molecule has 17 heavy (non-hydrogen) atoms. The summed E-state index contributed by atoms with van der Waals surface area (Å²) >= 11 is 6.05. The molecule has 4 heteroatoms. The first-order valence-electron chi connectivity index (χ1n) is 5.41. The summed E-state index contributed by atoms with van der Waals surface area (Å²) in [6, 6.07) is 9.33. The number of aromatic nitrogens is 1. The van der Waals surface area contributed by atoms with Crippen LogP contribution in [0.5, 0.6) is 0 Å². The fourth-order valence-electron chi connectivity index (χ4n) is 1.88. The maximum absolute atomic E-state index is 11.1. The van der Waals surface area contributed by atoms with Gasteiger partial charge in [-0.1, -0.05) is 36.7 Å². The molecular weight excluding hydrogens is 238 g/mol. The lowest BCUT2D eigenvalue weighted by molar-refractivity contribution is -0.138. The molecule has 88 valence electrons. The second-order valence-electron chi connectivity index (χ2n) is 3.86. The van der Waals surface area contributed by atoms with Crippen LogP contribution in [-0.2, 0) is 4.79 Å². The summed E-state index contributed by atoms with van der Waals surface area (Å²) in [7, 11) is 0. The fourth-order valence-corrected chi connectivity index (χ4v) is 2.16. The van der Waals surface area contributed by atoms with Gasteiger partial charge in [-0.15, -0.1) is 0 Å². The Morgan fingerprint density at radius 3 is 2.82 bits per heavy atom. The predicted octanol–water partition coefficient (Wildman–Crippen LogP) is 3.47. The molecule has 0 amide bonds. The van der Waals surface area contributed by atoms with Crippen LogP contribution in [0.25, 0.3) is 10.9 Å². The zero-order valence-corrected chi connectivity index (χ0v) is 10.1. The highest BCUT2D eigenvalue weighted by molar-refractivity contribution is 6.30. The van der Waals surface area contributed by atoms with Gasteiger partial charge in [0.05, 0.1) is 11.4 Å². The van der Waals surface area contributed by atoms with Gasteiger partial charge < -0.3 is 5.11 Å². The highest BCUT2D eigenvalue weighted by atomic mass is 35.5. The summed E-state index contributed by atoms with van der Waals surface area (Å²) in [5, 5.41) is 10.3. The first-order chi connectivity index (χ1) is 8.13. The van der Waals surface area contributed by atoms with E-state index in [1.807, 2.05) is 37.3 Å². The lowest BCUT2D eigenvalue weighted by atomic mass is 9.97. The first kappa shape index (κ1) is 11.9. The number of para-hydroxylation sites is 1. The predicted molar refractivity (Wildman–Crippen MR) is 67.4 cm³/mol. The van der Waals surface area contributed by atoms with Crippen molar-refractivity contribution in [2.24, 2.45) is 0 Å². The molecule has 1 aromatic carbocycles. The standard InChI is InChI=1S/C13H12ClNO2/c1-2-9(13(16)17)10-7-8-5-3-4-6-11(8)15-12(10)14/h3-7,9H,2H2,1H3,(H,16,17). The molecule has 1 aromatic heterocycles. The number of nitrogens with zero attached hydrogens (tertiary/aromatic N) is 1. The molecule has 0 spiro atoms. The van der Waals surface area contributed by atoms with Gasteiger partial charge in [-0.25, -0.2) is 4.98 Å². The number of carbonyl (C=O) groups is 1. The van der Waals surface area contributed by atoms with E-state index < -0.39 is 11.9 Å². The minimum Gasteiger partial charge on any atom is -0.481 e. The lowest BCUT2D eigenvalue weighted by Crippen LogP contribution is -2.11. The van der Waals surface area contributed by atoms with Crippen LogP contribution in [0.3, 0.4) is 0 Å². The summed E-state index contributed by atoms with van der Waals surface area (Å²) in [5.74, 6) is -1.47. The maximum Gasteiger partial charge on any atom is 0.311 e. The van der Waals surface area contributed by atoms with E-state index in [0.717, 1.165) is 10.9 Å². The zero-order valence-electron chi connectivity index (χ0n) is 9.35. The number of pyridine rings is 1. The molecule has 0 fully saturated rings. The summed E-state index contributed by atoms with van der Waals surface area (Å²) in [6.07, 6.45) is 0.495. The molecular formula is C13H12ClNO2. The molecule has 1 heterocycles. The number of hydrogen-bond donors (Lipinski definition) is 1. The highest BCUT2D eigenvalue weighted by Gasteiger charge is 2.21. The van der Waals surface area contributed by atoms with Gasteiger partial charge in [0.1, 0.15) is 5.15 Å². The summed E-state index contributed by atoms with van der Waals surface area (Å²) in [6.45, 7) is 1.82. The Bertz CT molecular complexity index is 568. The van der Waals surface area contributed by atoms with Crippen molar-refractivity contribution in [2.75, 3.05) is 0 Å². The summed E-state index contributed by atoms with van der Waals surface area (Å²) in [5.41, 5.74) is 1.36. The Morgan fingerprint density at radius 2 is 2.18 bits per heavy atom. The third kappa shape index (κ3) is 2.24. The van der Waals surface area contributed by atoms with Gasteiger partial charge in [0.2, 0.25) is 0 Å². The van der Waals surface area contributed by atoms with Crippen molar-refractivity contribution in [3.05, 3.63) is 41.0 Å². The Morgan fingerprint density at radius 1 is 1.47 bits per heavy atom. The lowest BCUT2D eigenvalue weighted by Gasteiger charge is -2.12. The van der Waals surface area contributed by atoms with Crippen LogP contribution in [0.2, 0.25) is 5.15 Å². The average Bonchev–Trinajstić information content (AvgIpc) is 2.30. The fraction of sp³-hybridized carbons (Fsp3) is 0.231. The van der Waals surface area contributed by atoms with Crippen LogP contribution in [0.4, 0.5) is 0 Å². The van der Waals surface area contributed by atoms with E-state index in [1.54, 1.807) is 0 Å². The average molecular weight is 250 g/mol. The monoisotopic (exact) mass is 249 g/mol. The molecule has 3 nitrogen and oxygen atoms in total. The van der Waals surface area contributed by atoms with Crippen molar-refractivity contribution in [1.82, 2.24) is 4.98 Å². The van der Waals surface area contributed by atoms with Crippen molar-refractivity contribution in [2.45, 2.75) is 19.3 Å². The van der Waals surface area contributed by atoms with Gasteiger partial charge in [-0.05, 0) is 18.6 Å². The van der Waals surface area contributed by atoms with Crippen LogP contribution >= 0.6 is 11.6 Å². The number of fused-ring (bicyclic) bond motifs is 1. The molecule has 0 saturated carbocycles. The first-order valence-corrected chi connectivity index (χ1v) is 5.79. The van der Waals surface area contributed by atoms with Crippen molar-refractivity contribution in [1.29, 1.82) is 0 Å². The Balaban J connectivity index is 2.61. The van der Waals surface area contributed by atoms with E-state index in [0.29, 0.717) is 12.0 Å². The number of hydrogen-bond acceptors (Lipinski definition) is 2. The molecule has 1 N–H and O–H groups in total. The second kappa shape index (κ2) is 4.72. The number of carboxylic acid groups (broad SMARTS) is 1. The minimum atomic E-state index is -0.869. The molecule has 1 atom stereocenters. The molecule has 0 aliphatic carbocycles. The third-order valence-electron chi connectivity index (χ3n) is 2.79. The summed E-state index contributed by atoms with van der Waals surface area (Å²) in [4.78, 5) is 15.4. The van der Waals surface area contributed by atoms with Gasteiger partial charge in [-0.2, -0.15) is 0 Å². The van der Waals surface area contributed by atoms with Crippen LogP contribution < -0.4 is 0 Å². The second-order valence-corrected chi connectivity index (χ2v) is 4.22. The molecule has 0 aliphatic rings. The van der Waals surface area contributed by atoms with Crippen LogP contribution in [-0.4, -0.2) is 16.1 Å². The number of halogens is 1. The molecule has 0 radical (unpaired) electrons. The van der Waals surface area contributed by atoms with Gasteiger partial charge in [0.15, 0.2) is 0 Å². The number of benzene rings is 1. The topological polar surface area (TPSA) is 50.2 Å². The number of carboxylic acids is 1. The normalized spacial score (nSPS) is 12.6. The molecule has 0 saturated heterocycles. The summed E-state index contributed by atoms with van der Waals surface area (Å²) < 4.78 is 0. The number of rotatable bonds is 3. The highest BCUT2D eigenvalue weighted by Crippen LogP contribution is 2.29. The molecule has 2 aromatic rings. The van der Waals surface area contributed by atoms with Crippen LogP contribution in [0.1, 0.15) is 24.8 Å². The van der Waals surface area contributed by atoms with Crippen molar-refractivity contribution < 1.29 is 9.90 Å². The van der Waals surface area contributed by atoms with E-state index in [9.17, 15) is 4.79 Å².